The molecule has 0 radical (unpaired) electrons. The summed E-state index contributed by atoms with van der Waals surface area (Å²) in [5.41, 5.74) is 6.56. The number of carbonyl (C=O) groups is 1. The molecule has 4 nitrogen and oxygen atoms in total. The number of aliphatic carboxylic acids is 1. The van der Waals surface area contributed by atoms with Gasteiger partial charge in [-0.3, -0.25) is 0 Å². The van der Waals surface area contributed by atoms with Gasteiger partial charge in [-0.25, -0.2) is 9.18 Å². The molecule has 3 N–H and O–H groups in total. The van der Waals surface area contributed by atoms with Gasteiger partial charge < -0.3 is 15.6 Å². The van der Waals surface area contributed by atoms with E-state index in [0.717, 1.165) is 12.0 Å². The zero-order valence-electron chi connectivity index (χ0n) is 11.9. The number of hydrogen-bond acceptors (Lipinski definition) is 3. The minimum atomic E-state index is -1.04. The van der Waals surface area contributed by atoms with Crippen LogP contribution in [-0.4, -0.2) is 23.2 Å². The van der Waals surface area contributed by atoms with Crippen molar-refractivity contribution in [3.05, 3.63) is 29.6 Å². The second-order valence-electron chi connectivity index (χ2n) is 4.90. The molecule has 0 aliphatic carbocycles. The highest BCUT2D eigenvalue weighted by atomic mass is 19.1. The molecule has 1 rings (SSSR count). The summed E-state index contributed by atoms with van der Waals surface area (Å²) in [6.45, 7) is 3.83. The minimum Gasteiger partial charge on any atom is -0.479 e. The Morgan fingerprint density at radius 3 is 2.65 bits per heavy atom. The maximum atomic E-state index is 13.6. The van der Waals surface area contributed by atoms with Crippen molar-refractivity contribution in [2.75, 3.05) is 0 Å². The third kappa shape index (κ3) is 5.17. The third-order valence-electron chi connectivity index (χ3n) is 3.06. The van der Waals surface area contributed by atoms with Gasteiger partial charge in [0.2, 0.25) is 0 Å². The van der Waals surface area contributed by atoms with E-state index in [1.165, 1.54) is 12.1 Å². The molecule has 1 aromatic rings. The topological polar surface area (TPSA) is 72.5 Å². The molecule has 0 fully saturated rings. The summed E-state index contributed by atoms with van der Waals surface area (Å²) in [6.07, 6.45) is 1.45. The first-order valence-electron chi connectivity index (χ1n) is 6.90. The molecular weight excluding hydrogens is 261 g/mol. The lowest BCUT2D eigenvalue weighted by Crippen LogP contribution is -2.27. The van der Waals surface area contributed by atoms with Crippen LogP contribution in [0.1, 0.15) is 38.7 Å². The summed E-state index contributed by atoms with van der Waals surface area (Å²) in [7, 11) is 0. The fourth-order valence-electron chi connectivity index (χ4n) is 1.91. The third-order valence-corrected chi connectivity index (χ3v) is 3.06. The summed E-state index contributed by atoms with van der Waals surface area (Å²) >= 11 is 0. The van der Waals surface area contributed by atoms with Crippen molar-refractivity contribution in [2.24, 2.45) is 5.73 Å². The van der Waals surface area contributed by atoms with E-state index in [1.54, 1.807) is 6.07 Å². The monoisotopic (exact) mass is 283 g/mol. The Kier molecular flexibility index (Phi) is 6.45. The number of carboxylic acids is 1. The van der Waals surface area contributed by atoms with E-state index in [-0.39, 0.29) is 11.8 Å². The first-order chi connectivity index (χ1) is 9.46. The van der Waals surface area contributed by atoms with Crippen molar-refractivity contribution in [1.82, 2.24) is 0 Å². The molecule has 0 amide bonds. The maximum absolute atomic E-state index is 13.6. The van der Waals surface area contributed by atoms with Gasteiger partial charge in [0.25, 0.3) is 0 Å². The lowest BCUT2D eigenvalue weighted by Gasteiger charge is -2.16. The van der Waals surface area contributed by atoms with Gasteiger partial charge in [-0.15, -0.1) is 0 Å². The molecule has 0 saturated heterocycles. The number of carboxylic acid groups (broad SMARTS) is 1. The second-order valence-corrected chi connectivity index (χ2v) is 4.90. The smallest absolute Gasteiger partial charge is 0.344 e. The van der Waals surface area contributed by atoms with Crippen molar-refractivity contribution in [3.63, 3.8) is 0 Å². The zero-order valence-corrected chi connectivity index (χ0v) is 11.9. The molecule has 112 valence electrons. The average Bonchev–Trinajstić information content (AvgIpc) is 2.37. The van der Waals surface area contributed by atoms with Gasteiger partial charge in [-0.1, -0.05) is 20.3 Å². The molecule has 1 aromatic carbocycles. The Labute approximate surface area is 118 Å². The molecule has 0 aromatic heterocycles. The van der Waals surface area contributed by atoms with Crippen LogP contribution < -0.4 is 10.5 Å². The molecule has 0 spiro atoms. The number of hydrogen-bond donors (Lipinski definition) is 2. The molecule has 0 aliphatic rings. The van der Waals surface area contributed by atoms with Gasteiger partial charge in [-0.05, 0) is 37.0 Å². The summed E-state index contributed by atoms with van der Waals surface area (Å²) in [5.74, 6) is -1.24. The van der Waals surface area contributed by atoms with E-state index in [1.807, 2.05) is 13.8 Å². The predicted molar refractivity (Wildman–Crippen MR) is 75.3 cm³/mol. The van der Waals surface area contributed by atoms with Crippen LogP contribution in [0.15, 0.2) is 18.2 Å². The molecule has 5 heteroatoms. The number of nitrogens with two attached hydrogens (primary N) is 1. The minimum absolute atomic E-state index is 0.0458. The quantitative estimate of drug-likeness (QED) is 0.769. The Bertz CT molecular complexity index is 451. The molecule has 0 aliphatic heterocycles. The number of rotatable bonds is 8. The summed E-state index contributed by atoms with van der Waals surface area (Å²) < 4.78 is 18.9. The van der Waals surface area contributed by atoms with Crippen LogP contribution in [0.4, 0.5) is 4.39 Å². The van der Waals surface area contributed by atoms with E-state index in [9.17, 15) is 9.18 Å². The first kappa shape index (κ1) is 16.4. The Balaban J connectivity index is 2.86. The van der Waals surface area contributed by atoms with Crippen LogP contribution in [0.25, 0.3) is 0 Å². The Morgan fingerprint density at radius 1 is 1.40 bits per heavy atom. The van der Waals surface area contributed by atoms with Crippen molar-refractivity contribution < 1.29 is 19.0 Å². The van der Waals surface area contributed by atoms with Crippen LogP contribution in [0.5, 0.6) is 5.75 Å². The van der Waals surface area contributed by atoms with E-state index >= 15 is 0 Å². The van der Waals surface area contributed by atoms with E-state index in [2.05, 4.69) is 0 Å². The number of benzene rings is 1. The van der Waals surface area contributed by atoms with Crippen molar-refractivity contribution >= 4 is 5.97 Å². The highest BCUT2D eigenvalue weighted by Gasteiger charge is 2.18. The Morgan fingerprint density at radius 2 is 2.10 bits per heavy atom. The van der Waals surface area contributed by atoms with E-state index in [4.69, 9.17) is 15.6 Å². The lowest BCUT2D eigenvalue weighted by molar-refractivity contribution is -0.145. The number of halogens is 1. The van der Waals surface area contributed by atoms with E-state index in [0.29, 0.717) is 19.3 Å². The molecule has 2 unspecified atom stereocenters. The number of ether oxygens (including phenoxy) is 1. The maximum Gasteiger partial charge on any atom is 0.344 e. The predicted octanol–water partition coefficient (Wildman–Crippen LogP) is 2.74. The summed E-state index contributed by atoms with van der Waals surface area (Å²) in [4.78, 5) is 11.0. The van der Waals surface area contributed by atoms with Crippen LogP contribution in [0.2, 0.25) is 0 Å². The molecule has 20 heavy (non-hydrogen) atoms. The molecule has 0 bridgehead atoms. The van der Waals surface area contributed by atoms with Gasteiger partial charge in [0.1, 0.15) is 11.6 Å². The van der Waals surface area contributed by atoms with Gasteiger partial charge in [-0.2, -0.15) is 0 Å². The van der Waals surface area contributed by atoms with Gasteiger partial charge >= 0.3 is 5.97 Å². The molecule has 0 heterocycles. The van der Waals surface area contributed by atoms with Crippen LogP contribution >= 0.6 is 0 Å². The van der Waals surface area contributed by atoms with Crippen molar-refractivity contribution in [3.8, 4) is 5.75 Å². The van der Waals surface area contributed by atoms with Crippen molar-refractivity contribution in [1.29, 1.82) is 0 Å². The van der Waals surface area contributed by atoms with Gasteiger partial charge in [0, 0.05) is 12.1 Å². The second kappa shape index (κ2) is 7.85. The highest BCUT2D eigenvalue weighted by Crippen LogP contribution is 2.20. The SMILES string of the molecule is CCCC(Oc1cc(F)cc(CC(N)CC)c1)C(=O)O. The normalized spacial score (nSPS) is 13.8. The fraction of sp³-hybridized carbons (Fsp3) is 0.533. The van der Waals surface area contributed by atoms with Crippen molar-refractivity contribution in [2.45, 2.75) is 51.7 Å². The van der Waals surface area contributed by atoms with Gasteiger partial charge in [0.15, 0.2) is 6.10 Å². The van der Waals surface area contributed by atoms with Crippen LogP contribution in [0.3, 0.4) is 0 Å². The van der Waals surface area contributed by atoms with Crippen LogP contribution in [0, 0.1) is 5.82 Å². The average molecular weight is 283 g/mol. The first-order valence-corrected chi connectivity index (χ1v) is 6.90. The summed E-state index contributed by atoms with van der Waals surface area (Å²) in [5, 5.41) is 9.05. The van der Waals surface area contributed by atoms with Crippen LogP contribution in [-0.2, 0) is 11.2 Å². The Hall–Kier alpha value is -1.62. The lowest BCUT2D eigenvalue weighted by atomic mass is 10.0. The molecular formula is C15H22FNO3. The van der Waals surface area contributed by atoms with E-state index < -0.39 is 17.9 Å². The standard InChI is InChI=1S/C15H22FNO3/c1-3-5-14(15(18)19)20-13-8-10(6-11(16)9-13)7-12(17)4-2/h6,8-9,12,14H,3-5,7,17H2,1-2H3,(H,18,19). The highest BCUT2D eigenvalue weighted by molar-refractivity contribution is 5.72. The van der Waals surface area contributed by atoms with Gasteiger partial charge in [0.05, 0.1) is 0 Å². The zero-order chi connectivity index (χ0) is 15.1. The summed E-state index contributed by atoms with van der Waals surface area (Å²) in [6, 6.07) is 4.21. The largest absolute Gasteiger partial charge is 0.479 e. The fourth-order valence-corrected chi connectivity index (χ4v) is 1.91. The molecule has 2 atom stereocenters. The molecule has 0 saturated carbocycles.